The third-order valence-corrected chi connectivity index (χ3v) is 5.38. The van der Waals surface area contributed by atoms with Gasteiger partial charge < -0.3 is 5.32 Å². The number of aromatic nitrogens is 3. The summed E-state index contributed by atoms with van der Waals surface area (Å²) in [5.41, 5.74) is 0.953. The molecule has 1 aliphatic rings. The van der Waals surface area contributed by atoms with E-state index in [1.54, 1.807) is 4.68 Å². The lowest BCUT2D eigenvalue weighted by Crippen LogP contribution is -2.33. The SMILES string of the molecule is CCNC(Cc1cn(C)nn1)CC1CCS(=O)(=O)C1. The van der Waals surface area contributed by atoms with E-state index < -0.39 is 9.84 Å². The minimum absolute atomic E-state index is 0.278. The molecule has 0 aromatic carbocycles. The van der Waals surface area contributed by atoms with Gasteiger partial charge in [-0.1, -0.05) is 12.1 Å². The molecule has 0 aliphatic carbocycles. The molecule has 1 aliphatic heterocycles. The summed E-state index contributed by atoms with van der Waals surface area (Å²) in [7, 11) is -0.935. The van der Waals surface area contributed by atoms with Crippen LogP contribution in [0.2, 0.25) is 0 Å². The van der Waals surface area contributed by atoms with Gasteiger partial charge in [0.2, 0.25) is 0 Å². The smallest absolute Gasteiger partial charge is 0.150 e. The van der Waals surface area contributed by atoms with Crippen molar-refractivity contribution in [1.82, 2.24) is 20.3 Å². The predicted molar refractivity (Wildman–Crippen MR) is 73.5 cm³/mol. The average Bonchev–Trinajstić information content (AvgIpc) is 2.85. The van der Waals surface area contributed by atoms with E-state index in [1.165, 1.54) is 0 Å². The van der Waals surface area contributed by atoms with Crippen molar-refractivity contribution in [2.75, 3.05) is 18.1 Å². The highest BCUT2D eigenvalue weighted by Crippen LogP contribution is 2.23. The Hall–Kier alpha value is -0.950. The quantitative estimate of drug-likeness (QED) is 0.806. The summed E-state index contributed by atoms with van der Waals surface area (Å²) in [6.45, 7) is 2.94. The van der Waals surface area contributed by atoms with Crippen LogP contribution in [0.1, 0.15) is 25.5 Å². The molecule has 0 bridgehead atoms. The maximum Gasteiger partial charge on any atom is 0.150 e. The van der Waals surface area contributed by atoms with Crippen molar-refractivity contribution in [2.45, 2.75) is 32.2 Å². The molecule has 108 valence electrons. The Morgan fingerprint density at radius 1 is 1.58 bits per heavy atom. The topological polar surface area (TPSA) is 76.9 Å². The fourth-order valence-corrected chi connectivity index (χ4v) is 4.61. The van der Waals surface area contributed by atoms with Crippen LogP contribution in [0, 0.1) is 5.92 Å². The molecule has 1 aromatic heterocycles. The molecule has 0 saturated carbocycles. The molecule has 2 heterocycles. The van der Waals surface area contributed by atoms with Gasteiger partial charge in [-0.3, -0.25) is 4.68 Å². The van der Waals surface area contributed by atoms with Gasteiger partial charge in [-0.05, 0) is 25.3 Å². The minimum Gasteiger partial charge on any atom is -0.314 e. The molecule has 19 heavy (non-hydrogen) atoms. The van der Waals surface area contributed by atoms with Crippen LogP contribution in [0.5, 0.6) is 0 Å². The molecular formula is C12H22N4O2S. The summed E-state index contributed by atoms with van der Waals surface area (Å²) in [4.78, 5) is 0. The summed E-state index contributed by atoms with van der Waals surface area (Å²) in [5.74, 6) is 0.975. The van der Waals surface area contributed by atoms with E-state index in [1.807, 2.05) is 13.2 Å². The Labute approximate surface area is 114 Å². The van der Waals surface area contributed by atoms with E-state index in [4.69, 9.17) is 0 Å². The number of rotatable bonds is 6. The predicted octanol–water partition coefficient (Wildman–Crippen LogP) is 0.161. The molecule has 1 N–H and O–H groups in total. The number of hydrogen-bond acceptors (Lipinski definition) is 5. The fourth-order valence-electron chi connectivity index (χ4n) is 2.73. The molecule has 1 saturated heterocycles. The first kappa shape index (κ1) is 14.5. The van der Waals surface area contributed by atoms with Gasteiger partial charge >= 0.3 is 0 Å². The van der Waals surface area contributed by atoms with Gasteiger partial charge in [-0.2, -0.15) is 0 Å². The first-order chi connectivity index (χ1) is 8.98. The monoisotopic (exact) mass is 286 g/mol. The summed E-state index contributed by atoms with van der Waals surface area (Å²) in [5, 5.41) is 11.4. The van der Waals surface area contributed by atoms with E-state index in [0.29, 0.717) is 11.5 Å². The largest absolute Gasteiger partial charge is 0.314 e. The molecule has 1 aromatic rings. The van der Waals surface area contributed by atoms with Crippen molar-refractivity contribution < 1.29 is 8.42 Å². The lowest BCUT2D eigenvalue weighted by Gasteiger charge is -2.19. The van der Waals surface area contributed by atoms with Gasteiger partial charge in [-0.25, -0.2) is 8.42 Å². The summed E-state index contributed by atoms with van der Waals surface area (Å²) in [6, 6.07) is 0.278. The molecule has 0 spiro atoms. The summed E-state index contributed by atoms with van der Waals surface area (Å²) < 4.78 is 24.7. The van der Waals surface area contributed by atoms with Gasteiger partial charge in [0.1, 0.15) is 0 Å². The summed E-state index contributed by atoms with van der Waals surface area (Å²) >= 11 is 0. The van der Waals surface area contributed by atoms with Crippen LogP contribution in [0.25, 0.3) is 0 Å². The van der Waals surface area contributed by atoms with Crippen molar-refractivity contribution >= 4 is 9.84 Å². The van der Waals surface area contributed by atoms with Crippen molar-refractivity contribution in [3.05, 3.63) is 11.9 Å². The zero-order chi connectivity index (χ0) is 13.9. The molecule has 2 atom stereocenters. The minimum atomic E-state index is -2.78. The van der Waals surface area contributed by atoms with Gasteiger partial charge in [-0.15, -0.1) is 5.10 Å². The normalized spacial score (nSPS) is 23.6. The first-order valence-corrected chi connectivity index (χ1v) is 8.59. The van der Waals surface area contributed by atoms with Crippen molar-refractivity contribution in [3.63, 3.8) is 0 Å². The molecule has 7 heteroatoms. The van der Waals surface area contributed by atoms with Gasteiger partial charge in [0.15, 0.2) is 9.84 Å². The van der Waals surface area contributed by atoms with Crippen LogP contribution in [-0.2, 0) is 23.3 Å². The van der Waals surface area contributed by atoms with E-state index in [2.05, 4.69) is 22.6 Å². The number of aryl methyl sites for hydroxylation is 1. The van der Waals surface area contributed by atoms with Crippen LogP contribution < -0.4 is 5.32 Å². The van der Waals surface area contributed by atoms with Crippen molar-refractivity contribution in [1.29, 1.82) is 0 Å². The van der Waals surface area contributed by atoms with Crippen molar-refractivity contribution in [2.24, 2.45) is 13.0 Å². The average molecular weight is 286 g/mol. The highest BCUT2D eigenvalue weighted by Gasteiger charge is 2.29. The third-order valence-electron chi connectivity index (χ3n) is 3.54. The number of sulfone groups is 1. The maximum atomic E-state index is 11.5. The second-order valence-electron chi connectivity index (χ2n) is 5.35. The number of nitrogens with zero attached hydrogens (tertiary/aromatic N) is 3. The van der Waals surface area contributed by atoms with Crippen LogP contribution in [0.15, 0.2) is 6.20 Å². The molecule has 0 radical (unpaired) electrons. The maximum absolute atomic E-state index is 11.5. The summed E-state index contributed by atoms with van der Waals surface area (Å²) in [6.07, 6.45) is 4.41. The highest BCUT2D eigenvalue weighted by molar-refractivity contribution is 7.91. The first-order valence-electron chi connectivity index (χ1n) is 6.77. The van der Waals surface area contributed by atoms with E-state index in [0.717, 1.165) is 31.5 Å². The lowest BCUT2D eigenvalue weighted by molar-refractivity contribution is 0.407. The molecule has 6 nitrogen and oxygen atoms in total. The second-order valence-corrected chi connectivity index (χ2v) is 7.58. The van der Waals surface area contributed by atoms with E-state index >= 15 is 0 Å². The van der Waals surface area contributed by atoms with Crippen molar-refractivity contribution in [3.8, 4) is 0 Å². The van der Waals surface area contributed by atoms with E-state index in [9.17, 15) is 8.42 Å². The lowest BCUT2D eigenvalue weighted by atomic mass is 9.96. The molecular weight excluding hydrogens is 264 g/mol. The van der Waals surface area contributed by atoms with E-state index in [-0.39, 0.29) is 12.0 Å². The molecule has 2 rings (SSSR count). The molecule has 2 unspecified atom stereocenters. The van der Waals surface area contributed by atoms with Gasteiger partial charge in [0.05, 0.1) is 17.2 Å². The number of likely N-dealkylation sites (N-methyl/N-ethyl adjacent to an activating group) is 1. The highest BCUT2D eigenvalue weighted by atomic mass is 32.2. The second kappa shape index (κ2) is 6.00. The zero-order valence-electron chi connectivity index (χ0n) is 11.5. The van der Waals surface area contributed by atoms with Crippen LogP contribution >= 0.6 is 0 Å². The number of hydrogen-bond donors (Lipinski definition) is 1. The van der Waals surface area contributed by atoms with Crippen LogP contribution in [0.3, 0.4) is 0 Å². The van der Waals surface area contributed by atoms with Crippen LogP contribution in [-0.4, -0.2) is 47.5 Å². The molecule has 0 amide bonds. The zero-order valence-corrected chi connectivity index (χ0v) is 12.4. The fraction of sp³-hybridized carbons (Fsp3) is 0.833. The molecule has 1 fully saturated rings. The third kappa shape index (κ3) is 4.28. The number of nitrogens with one attached hydrogen (secondary N) is 1. The Bertz CT molecular complexity index is 512. The Balaban J connectivity index is 1.93. The van der Waals surface area contributed by atoms with Gasteiger partial charge in [0.25, 0.3) is 0 Å². The van der Waals surface area contributed by atoms with Gasteiger partial charge in [0, 0.05) is 25.7 Å². The Kier molecular flexibility index (Phi) is 4.57. The Morgan fingerprint density at radius 2 is 2.37 bits per heavy atom. The Morgan fingerprint density at radius 3 is 2.89 bits per heavy atom. The van der Waals surface area contributed by atoms with Crippen LogP contribution in [0.4, 0.5) is 0 Å². The standard InChI is InChI=1S/C12H22N4O2S/c1-3-13-11(7-12-8-16(2)15-14-12)6-10-4-5-19(17,18)9-10/h8,10-11,13H,3-7,9H2,1-2H3.